The Labute approximate surface area is 191 Å². The number of carbonyl (C=O) groups excluding carboxylic acids is 2. The summed E-state index contributed by atoms with van der Waals surface area (Å²) in [5, 5.41) is 4.64. The molecule has 0 aliphatic carbocycles. The van der Waals surface area contributed by atoms with E-state index in [4.69, 9.17) is 21.1 Å². The van der Waals surface area contributed by atoms with Crippen LogP contribution in [0, 0.1) is 20.8 Å². The van der Waals surface area contributed by atoms with Crippen LogP contribution in [0.5, 0.6) is 5.75 Å². The Hall–Kier alpha value is -3.58. The Morgan fingerprint density at radius 1 is 1.09 bits per heavy atom. The number of ether oxygens (including phenoxy) is 2. The molecule has 8 heteroatoms. The van der Waals surface area contributed by atoms with Gasteiger partial charge in [-0.05, 0) is 74.9 Å². The van der Waals surface area contributed by atoms with Gasteiger partial charge in [-0.1, -0.05) is 11.6 Å². The topological polar surface area (TPSA) is 81.9 Å². The number of hydrazone groups is 1. The van der Waals surface area contributed by atoms with Crippen molar-refractivity contribution in [1.29, 1.82) is 0 Å². The number of rotatable bonds is 7. The molecular weight excluding hydrogens is 430 g/mol. The zero-order valence-electron chi connectivity index (χ0n) is 18.3. The molecule has 0 radical (unpaired) electrons. The Morgan fingerprint density at radius 2 is 1.81 bits per heavy atom. The van der Waals surface area contributed by atoms with E-state index in [9.17, 15) is 9.59 Å². The van der Waals surface area contributed by atoms with Crippen molar-refractivity contribution in [2.24, 2.45) is 5.10 Å². The summed E-state index contributed by atoms with van der Waals surface area (Å²) in [4.78, 5) is 23.8. The summed E-state index contributed by atoms with van der Waals surface area (Å²) in [7, 11) is 1.36. The quantitative estimate of drug-likeness (QED) is 0.327. The van der Waals surface area contributed by atoms with Crippen LogP contribution in [0.25, 0.3) is 5.69 Å². The van der Waals surface area contributed by atoms with E-state index in [0.717, 1.165) is 28.2 Å². The number of carbonyl (C=O) groups is 2. The highest BCUT2D eigenvalue weighted by atomic mass is 35.5. The van der Waals surface area contributed by atoms with Crippen molar-refractivity contribution in [2.45, 2.75) is 20.8 Å². The molecule has 0 saturated heterocycles. The van der Waals surface area contributed by atoms with Gasteiger partial charge in [-0.25, -0.2) is 10.2 Å². The van der Waals surface area contributed by atoms with Crippen LogP contribution in [0.3, 0.4) is 0 Å². The second kappa shape index (κ2) is 10.2. The van der Waals surface area contributed by atoms with Gasteiger partial charge in [0.25, 0.3) is 5.91 Å². The van der Waals surface area contributed by atoms with Crippen molar-refractivity contribution < 1.29 is 19.1 Å². The van der Waals surface area contributed by atoms with Crippen LogP contribution >= 0.6 is 11.6 Å². The van der Waals surface area contributed by atoms with Crippen LogP contribution in [0.1, 0.15) is 32.9 Å². The smallest absolute Gasteiger partial charge is 0.337 e. The monoisotopic (exact) mass is 453 g/mol. The molecule has 0 saturated carbocycles. The third-order valence-corrected chi connectivity index (χ3v) is 5.16. The van der Waals surface area contributed by atoms with Crippen LogP contribution < -0.4 is 10.2 Å². The SMILES string of the molecule is COC(=O)c1ccc(-n2c(C)cc(/C=N\NC(=O)COc3ccc(Cl)cc3)c2C)c(C)c1. The van der Waals surface area contributed by atoms with Crippen molar-refractivity contribution in [3.05, 3.63) is 81.6 Å². The molecule has 32 heavy (non-hydrogen) atoms. The number of benzene rings is 2. The molecule has 7 nitrogen and oxygen atoms in total. The standard InChI is InChI=1S/C24H24ClN3O4/c1-15-11-18(24(30)31-4)5-10-22(15)28-16(2)12-19(17(28)3)13-26-27-23(29)14-32-21-8-6-20(25)7-9-21/h5-13H,14H2,1-4H3,(H,27,29)/b26-13-. The van der Waals surface area contributed by atoms with Gasteiger partial charge in [-0.15, -0.1) is 0 Å². The third-order valence-electron chi connectivity index (χ3n) is 4.91. The fourth-order valence-corrected chi connectivity index (χ4v) is 3.45. The second-order valence-electron chi connectivity index (χ2n) is 7.19. The molecule has 0 aliphatic heterocycles. The number of hydrogen-bond acceptors (Lipinski definition) is 5. The molecule has 0 fully saturated rings. The number of hydrogen-bond donors (Lipinski definition) is 1. The number of halogens is 1. The maximum absolute atomic E-state index is 12.0. The fourth-order valence-electron chi connectivity index (χ4n) is 3.33. The Balaban J connectivity index is 1.68. The number of amides is 1. The molecule has 0 spiro atoms. The average Bonchev–Trinajstić information content (AvgIpc) is 3.05. The Kier molecular flexibility index (Phi) is 7.33. The molecule has 1 aromatic heterocycles. The first kappa shape index (κ1) is 23.1. The highest BCUT2D eigenvalue weighted by molar-refractivity contribution is 6.30. The van der Waals surface area contributed by atoms with E-state index in [0.29, 0.717) is 16.3 Å². The predicted octanol–water partition coefficient (Wildman–Crippen LogP) is 4.37. The number of aromatic nitrogens is 1. The largest absolute Gasteiger partial charge is 0.484 e. The summed E-state index contributed by atoms with van der Waals surface area (Å²) in [5.74, 6) is -0.200. The molecule has 1 N–H and O–H groups in total. The molecular formula is C24H24ClN3O4. The summed E-state index contributed by atoms with van der Waals surface area (Å²) < 4.78 is 12.3. The number of nitrogens with zero attached hydrogens (tertiary/aromatic N) is 2. The van der Waals surface area contributed by atoms with Gasteiger partial charge in [0.05, 0.1) is 18.9 Å². The van der Waals surface area contributed by atoms with Gasteiger partial charge in [0.15, 0.2) is 6.61 Å². The van der Waals surface area contributed by atoms with E-state index in [1.807, 2.05) is 32.9 Å². The van der Waals surface area contributed by atoms with Crippen LogP contribution in [-0.4, -0.2) is 36.4 Å². The van der Waals surface area contributed by atoms with Crippen molar-refractivity contribution in [3.8, 4) is 11.4 Å². The lowest BCUT2D eigenvalue weighted by Crippen LogP contribution is -2.24. The van der Waals surface area contributed by atoms with Gasteiger partial charge in [-0.2, -0.15) is 5.10 Å². The van der Waals surface area contributed by atoms with Gasteiger partial charge in [-0.3, -0.25) is 4.79 Å². The molecule has 2 aromatic carbocycles. The molecule has 1 amide bonds. The summed E-state index contributed by atoms with van der Waals surface area (Å²) >= 11 is 5.83. The lowest BCUT2D eigenvalue weighted by Gasteiger charge is -2.13. The van der Waals surface area contributed by atoms with E-state index < -0.39 is 0 Å². The number of esters is 1. The maximum atomic E-state index is 12.0. The normalized spacial score (nSPS) is 10.9. The fraction of sp³-hybridized carbons (Fsp3) is 0.208. The van der Waals surface area contributed by atoms with Gasteiger partial charge in [0, 0.05) is 27.7 Å². The van der Waals surface area contributed by atoms with Crippen molar-refractivity contribution in [1.82, 2.24) is 9.99 Å². The summed E-state index contributed by atoms with van der Waals surface area (Å²) in [6.07, 6.45) is 1.59. The maximum Gasteiger partial charge on any atom is 0.337 e. The summed E-state index contributed by atoms with van der Waals surface area (Å²) in [5.41, 5.74) is 7.66. The third kappa shape index (κ3) is 5.36. The van der Waals surface area contributed by atoms with Crippen molar-refractivity contribution in [2.75, 3.05) is 13.7 Å². The number of aryl methyl sites for hydroxylation is 2. The Morgan fingerprint density at radius 3 is 2.47 bits per heavy atom. The highest BCUT2D eigenvalue weighted by Crippen LogP contribution is 2.23. The van der Waals surface area contributed by atoms with Gasteiger partial charge >= 0.3 is 5.97 Å². The summed E-state index contributed by atoms with van der Waals surface area (Å²) in [6.45, 7) is 5.73. The molecule has 0 aliphatic rings. The first-order valence-corrected chi connectivity index (χ1v) is 10.3. The zero-order chi connectivity index (χ0) is 23.3. The molecule has 0 unspecified atom stereocenters. The minimum Gasteiger partial charge on any atom is -0.484 e. The van der Waals surface area contributed by atoms with Crippen molar-refractivity contribution in [3.63, 3.8) is 0 Å². The van der Waals surface area contributed by atoms with Gasteiger partial charge in [0.2, 0.25) is 0 Å². The Bertz CT molecular complexity index is 1170. The number of nitrogens with one attached hydrogen (secondary N) is 1. The van der Waals surface area contributed by atoms with E-state index in [-0.39, 0.29) is 18.5 Å². The van der Waals surface area contributed by atoms with E-state index in [1.165, 1.54) is 7.11 Å². The average molecular weight is 454 g/mol. The van der Waals surface area contributed by atoms with Crippen molar-refractivity contribution >= 4 is 29.7 Å². The second-order valence-corrected chi connectivity index (χ2v) is 7.63. The molecule has 3 rings (SSSR count). The molecule has 0 bridgehead atoms. The van der Waals surface area contributed by atoms with Crippen LogP contribution in [-0.2, 0) is 9.53 Å². The minimum absolute atomic E-state index is 0.163. The van der Waals surface area contributed by atoms with E-state index >= 15 is 0 Å². The van der Waals surface area contributed by atoms with Crippen LogP contribution in [0.4, 0.5) is 0 Å². The first-order valence-electron chi connectivity index (χ1n) is 9.88. The minimum atomic E-state index is -0.376. The van der Waals surface area contributed by atoms with Gasteiger partial charge < -0.3 is 14.0 Å². The zero-order valence-corrected chi connectivity index (χ0v) is 19.1. The molecule has 3 aromatic rings. The molecule has 166 valence electrons. The van der Waals surface area contributed by atoms with E-state index in [1.54, 1.807) is 42.6 Å². The first-order chi connectivity index (χ1) is 15.3. The van der Waals surface area contributed by atoms with Crippen LogP contribution in [0.2, 0.25) is 5.02 Å². The number of methoxy groups -OCH3 is 1. The lowest BCUT2D eigenvalue weighted by molar-refractivity contribution is -0.123. The summed E-state index contributed by atoms with van der Waals surface area (Å²) in [6, 6.07) is 14.2. The lowest BCUT2D eigenvalue weighted by atomic mass is 10.1. The van der Waals surface area contributed by atoms with Gasteiger partial charge in [0.1, 0.15) is 5.75 Å². The predicted molar refractivity (Wildman–Crippen MR) is 124 cm³/mol. The molecule has 1 heterocycles. The molecule has 0 atom stereocenters. The van der Waals surface area contributed by atoms with E-state index in [2.05, 4.69) is 15.1 Å². The highest BCUT2D eigenvalue weighted by Gasteiger charge is 2.14. The van der Waals surface area contributed by atoms with Crippen LogP contribution in [0.15, 0.2) is 53.6 Å².